The number of aromatic nitrogens is 3. The van der Waals surface area contributed by atoms with Crippen molar-refractivity contribution in [2.45, 2.75) is 6.92 Å². The van der Waals surface area contributed by atoms with Gasteiger partial charge in [-0.2, -0.15) is 4.98 Å². The molecule has 0 amide bonds. The van der Waals surface area contributed by atoms with E-state index in [0.717, 1.165) is 5.56 Å². The quantitative estimate of drug-likeness (QED) is 0.718. The fourth-order valence-electron chi connectivity index (χ4n) is 1.07. The molecule has 2 aromatic rings. The van der Waals surface area contributed by atoms with Gasteiger partial charge in [0.15, 0.2) is 5.82 Å². The van der Waals surface area contributed by atoms with Crippen LogP contribution in [0.1, 0.15) is 5.82 Å². The summed E-state index contributed by atoms with van der Waals surface area (Å²) in [6.45, 7) is 1.77. The smallest absolute Gasteiger partial charge is 0.258 e. The first-order valence-electron chi connectivity index (χ1n) is 4.10. The Balaban J connectivity index is 2.41. The van der Waals surface area contributed by atoms with E-state index >= 15 is 0 Å². The van der Waals surface area contributed by atoms with Crippen LogP contribution in [0.15, 0.2) is 22.9 Å². The molecule has 5 heteroatoms. The molecule has 0 aliphatic heterocycles. The second kappa shape index (κ2) is 3.45. The maximum Gasteiger partial charge on any atom is 0.258 e. The van der Waals surface area contributed by atoms with E-state index in [-0.39, 0.29) is 0 Å². The first kappa shape index (κ1) is 8.68. The number of pyridine rings is 1. The van der Waals surface area contributed by atoms with Gasteiger partial charge in [-0.05, 0) is 13.0 Å². The molecule has 14 heavy (non-hydrogen) atoms. The molecule has 2 rings (SSSR count). The topological polar surface area (TPSA) is 61.0 Å². The van der Waals surface area contributed by atoms with Crippen molar-refractivity contribution in [3.8, 4) is 17.3 Å². The van der Waals surface area contributed by atoms with Crippen molar-refractivity contribution < 1.29 is 9.26 Å². The number of nitrogens with zero attached hydrogens (tertiary/aromatic N) is 3. The molecule has 0 saturated heterocycles. The zero-order chi connectivity index (χ0) is 9.97. The highest BCUT2D eigenvalue weighted by Gasteiger charge is 2.06. The summed E-state index contributed by atoms with van der Waals surface area (Å²) < 4.78 is 9.99. The van der Waals surface area contributed by atoms with E-state index in [9.17, 15) is 0 Å². The molecule has 0 spiro atoms. The van der Waals surface area contributed by atoms with Crippen molar-refractivity contribution >= 4 is 0 Å². The van der Waals surface area contributed by atoms with Crippen molar-refractivity contribution in [3.63, 3.8) is 0 Å². The minimum absolute atomic E-state index is 0.475. The minimum atomic E-state index is 0.475. The summed E-state index contributed by atoms with van der Waals surface area (Å²) in [4.78, 5) is 8.07. The normalized spacial score (nSPS) is 10.1. The van der Waals surface area contributed by atoms with Crippen LogP contribution in [0.4, 0.5) is 0 Å². The van der Waals surface area contributed by atoms with Crippen molar-refractivity contribution in [2.75, 3.05) is 7.11 Å². The predicted octanol–water partition coefficient (Wildman–Crippen LogP) is 1.45. The average Bonchev–Trinajstić information content (AvgIpc) is 2.65. The molecule has 0 fully saturated rings. The van der Waals surface area contributed by atoms with E-state index in [1.807, 2.05) is 0 Å². The van der Waals surface area contributed by atoms with Gasteiger partial charge in [-0.25, -0.2) is 4.98 Å². The van der Waals surface area contributed by atoms with E-state index in [4.69, 9.17) is 9.26 Å². The van der Waals surface area contributed by atoms with Crippen LogP contribution in [0.3, 0.4) is 0 Å². The first-order chi connectivity index (χ1) is 6.79. The summed E-state index contributed by atoms with van der Waals surface area (Å²) in [6, 6.07) is 3.53. The first-order valence-corrected chi connectivity index (χ1v) is 4.10. The summed E-state index contributed by atoms with van der Waals surface area (Å²) in [7, 11) is 1.56. The Morgan fingerprint density at radius 1 is 1.43 bits per heavy atom. The molecule has 2 aromatic heterocycles. The Labute approximate surface area is 80.7 Å². The highest BCUT2D eigenvalue weighted by Crippen LogP contribution is 2.19. The molecule has 0 bridgehead atoms. The average molecular weight is 191 g/mol. The highest BCUT2D eigenvalue weighted by molar-refractivity contribution is 5.53. The molecule has 0 saturated carbocycles. The van der Waals surface area contributed by atoms with Gasteiger partial charge in [0.1, 0.15) is 0 Å². The minimum Gasteiger partial charge on any atom is -0.481 e. The Morgan fingerprint density at radius 3 is 2.93 bits per heavy atom. The van der Waals surface area contributed by atoms with Crippen LogP contribution in [0, 0.1) is 6.92 Å². The van der Waals surface area contributed by atoms with E-state index in [1.165, 1.54) is 0 Å². The largest absolute Gasteiger partial charge is 0.481 e. The van der Waals surface area contributed by atoms with Gasteiger partial charge in [-0.15, -0.1) is 0 Å². The Bertz CT molecular complexity index is 439. The second-order valence-corrected chi connectivity index (χ2v) is 2.73. The molecule has 0 N–H and O–H groups in total. The van der Waals surface area contributed by atoms with Crippen LogP contribution in [-0.2, 0) is 0 Å². The van der Waals surface area contributed by atoms with E-state index in [2.05, 4.69) is 15.1 Å². The lowest BCUT2D eigenvalue weighted by atomic mass is 10.3. The Hall–Kier alpha value is -1.91. The van der Waals surface area contributed by atoms with Crippen LogP contribution in [0.2, 0.25) is 0 Å². The molecule has 5 nitrogen and oxygen atoms in total. The molecular formula is C9H9N3O2. The van der Waals surface area contributed by atoms with Crippen LogP contribution >= 0.6 is 0 Å². The van der Waals surface area contributed by atoms with Gasteiger partial charge in [0.25, 0.3) is 5.89 Å². The van der Waals surface area contributed by atoms with E-state index in [1.54, 1.807) is 32.4 Å². The van der Waals surface area contributed by atoms with Crippen LogP contribution in [0.5, 0.6) is 5.88 Å². The third-order valence-corrected chi connectivity index (χ3v) is 1.72. The molecule has 0 aliphatic carbocycles. The zero-order valence-corrected chi connectivity index (χ0v) is 7.89. The lowest BCUT2D eigenvalue weighted by molar-refractivity contribution is 0.397. The number of aryl methyl sites for hydroxylation is 1. The number of hydrogen-bond acceptors (Lipinski definition) is 5. The summed E-state index contributed by atoms with van der Waals surface area (Å²) in [5.74, 6) is 1.61. The molecule has 72 valence electrons. The van der Waals surface area contributed by atoms with Crippen LogP contribution in [0.25, 0.3) is 11.5 Å². The van der Waals surface area contributed by atoms with Gasteiger partial charge < -0.3 is 9.26 Å². The number of methoxy groups -OCH3 is 1. The maximum atomic E-state index is 5.01. The van der Waals surface area contributed by atoms with Gasteiger partial charge in [0, 0.05) is 17.8 Å². The second-order valence-electron chi connectivity index (χ2n) is 2.73. The van der Waals surface area contributed by atoms with Crippen LogP contribution < -0.4 is 4.74 Å². The van der Waals surface area contributed by atoms with Crippen molar-refractivity contribution in [3.05, 3.63) is 24.2 Å². The Kier molecular flexibility index (Phi) is 2.14. The monoisotopic (exact) mass is 191 g/mol. The van der Waals surface area contributed by atoms with E-state index < -0.39 is 0 Å². The lowest BCUT2D eigenvalue weighted by Crippen LogP contribution is -1.87. The van der Waals surface area contributed by atoms with Crippen LogP contribution in [-0.4, -0.2) is 22.2 Å². The molecule has 0 radical (unpaired) electrons. The van der Waals surface area contributed by atoms with Crippen molar-refractivity contribution in [1.29, 1.82) is 0 Å². The molecule has 0 aliphatic rings. The summed E-state index contributed by atoms with van der Waals surface area (Å²) in [6.07, 6.45) is 1.63. The molecule has 0 aromatic carbocycles. The summed E-state index contributed by atoms with van der Waals surface area (Å²) >= 11 is 0. The lowest BCUT2D eigenvalue weighted by Gasteiger charge is -1.98. The molecule has 0 unspecified atom stereocenters. The third kappa shape index (κ3) is 1.56. The summed E-state index contributed by atoms with van der Waals surface area (Å²) in [5, 5.41) is 3.70. The zero-order valence-electron chi connectivity index (χ0n) is 7.89. The SMILES string of the molecule is COc1cc(-c2nc(C)no2)ccn1. The van der Waals surface area contributed by atoms with Crippen molar-refractivity contribution in [2.24, 2.45) is 0 Å². The summed E-state index contributed by atoms with van der Waals surface area (Å²) in [5.41, 5.74) is 0.803. The van der Waals surface area contributed by atoms with Gasteiger partial charge in [0.05, 0.1) is 7.11 Å². The number of rotatable bonds is 2. The molecular weight excluding hydrogens is 182 g/mol. The number of hydrogen-bond donors (Lipinski definition) is 0. The fraction of sp³-hybridized carbons (Fsp3) is 0.222. The van der Waals surface area contributed by atoms with Gasteiger partial charge >= 0.3 is 0 Å². The van der Waals surface area contributed by atoms with E-state index in [0.29, 0.717) is 17.6 Å². The van der Waals surface area contributed by atoms with Gasteiger partial charge in [-0.3, -0.25) is 0 Å². The highest BCUT2D eigenvalue weighted by atomic mass is 16.5. The maximum absolute atomic E-state index is 5.01. The third-order valence-electron chi connectivity index (χ3n) is 1.72. The Morgan fingerprint density at radius 2 is 2.29 bits per heavy atom. The fourth-order valence-corrected chi connectivity index (χ4v) is 1.07. The van der Waals surface area contributed by atoms with Gasteiger partial charge in [-0.1, -0.05) is 5.16 Å². The predicted molar refractivity (Wildman–Crippen MR) is 48.8 cm³/mol. The molecule has 2 heterocycles. The standard InChI is InChI=1S/C9H9N3O2/c1-6-11-9(14-12-6)7-3-4-10-8(5-7)13-2/h3-5H,1-2H3. The van der Waals surface area contributed by atoms with Crippen molar-refractivity contribution in [1.82, 2.24) is 15.1 Å². The van der Waals surface area contributed by atoms with Gasteiger partial charge in [0.2, 0.25) is 5.88 Å². The number of ether oxygens (including phenoxy) is 1. The molecule has 0 atom stereocenters.